The molecule has 3 aromatic carbocycles. The van der Waals surface area contributed by atoms with Gasteiger partial charge in [0.1, 0.15) is 0 Å². The molecule has 3 aliphatic carbocycles. The number of fused-ring (bicyclic) bond motifs is 1. The van der Waals surface area contributed by atoms with Crippen LogP contribution in [0.4, 0.5) is 0 Å². The Kier molecular flexibility index (Phi) is 13.0. The molecule has 47 heavy (non-hydrogen) atoms. The first-order chi connectivity index (χ1) is 22.6. The van der Waals surface area contributed by atoms with Gasteiger partial charge in [0.15, 0.2) is 16.3 Å². The first kappa shape index (κ1) is 36.1. The van der Waals surface area contributed by atoms with Gasteiger partial charge in [-0.2, -0.15) is 0 Å². The Hall–Kier alpha value is -3.76. The standard InChI is InChI=1S/C20H23N.C11H17NO3.C7H10N2OS/c1-21-14-6-12-20-13-11-15(16-7-2-4-9-18(16)20)17-8-3-5-10-19(17)20;1-7(2)12-6-11(15)8-3-4-9(13)10(14)5-8;1-2-3-5-4-6(10)9-7(11)8-5/h2-5,7-10,15,21H,6,11-14H2,1H3;3-5,7,11-15H,6H2,1-2H3;4H,2-3H2,1H3,(H2,8,9,10,11). The zero-order chi connectivity index (χ0) is 34.0. The van der Waals surface area contributed by atoms with Gasteiger partial charge in [0.05, 0.1) is 6.10 Å². The summed E-state index contributed by atoms with van der Waals surface area (Å²) in [5.41, 5.74) is 8.02. The molecule has 8 nitrogen and oxygen atoms in total. The number of hydrogen-bond donors (Lipinski definition) is 7. The Balaban J connectivity index is 0.000000170. The summed E-state index contributed by atoms with van der Waals surface area (Å²) in [7, 11) is 2.05. The van der Waals surface area contributed by atoms with E-state index in [2.05, 4.69) is 83.1 Å². The number of aromatic hydroxyl groups is 2. The van der Waals surface area contributed by atoms with Crippen molar-refractivity contribution in [3.8, 4) is 11.5 Å². The number of phenolic OH excluding ortho intramolecular Hbond substituents is 2. The average molecular weight is 659 g/mol. The van der Waals surface area contributed by atoms with Crippen LogP contribution in [0.25, 0.3) is 0 Å². The molecular weight excluding hydrogens is 609 g/mol. The molecule has 7 rings (SSSR count). The SMILES string of the molecule is CC(C)NCC(O)c1ccc(O)c(O)c1.CCCc1cc(=O)[nH]c(=S)[nH]1.CNCCCC12CCC(c3ccccc31)c1ccccc12. The second-order valence-electron chi connectivity index (χ2n) is 12.7. The fraction of sp³-hybridized carbons (Fsp3) is 0.421. The second-order valence-corrected chi connectivity index (χ2v) is 13.2. The van der Waals surface area contributed by atoms with Crippen LogP contribution in [0.1, 0.15) is 98.4 Å². The third-order valence-corrected chi connectivity index (χ3v) is 9.24. The minimum absolute atomic E-state index is 0.128. The highest BCUT2D eigenvalue weighted by Crippen LogP contribution is 2.57. The van der Waals surface area contributed by atoms with Gasteiger partial charge in [-0.15, -0.1) is 0 Å². The second kappa shape index (κ2) is 16.9. The van der Waals surface area contributed by atoms with Crippen LogP contribution in [0.2, 0.25) is 0 Å². The fourth-order valence-electron chi connectivity index (χ4n) is 6.85. The maximum absolute atomic E-state index is 10.8. The van der Waals surface area contributed by atoms with Gasteiger partial charge in [-0.05, 0) is 97.9 Å². The summed E-state index contributed by atoms with van der Waals surface area (Å²) in [6.45, 7) is 7.55. The van der Waals surface area contributed by atoms with E-state index in [1.807, 2.05) is 13.8 Å². The smallest absolute Gasteiger partial charge is 0.251 e. The molecule has 9 heteroatoms. The predicted octanol–water partition coefficient (Wildman–Crippen LogP) is 6.73. The van der Waals surface area contributed by atoms with E-state index in [1.165, 1.54) is 37.8 Å². The molecule has 0 saturated heterocycles. The van der Waals surface area contributed by atoms with E-state index < -0.39 is 6.10 Å². The van der Waals surface area contributed by atoms with Gasteiger partial charge in [-0.3, -0.25) is 9.78 Å². The van der Waals surface area contributed by atoms with Gasteiger partial charge >= 0.3 is 0 Å². The number of hydrogen-bond acceptors (Lipinski definition) is 7. The first-order valence-corrected chi connectivity index (χ1v) is 17.1. The van der Waals surface area contributed by atoms with Crippen LogP contribution in [-0.2, 0) is 11.8 Å². The normalized spacial score (nSPS) is 17.9. The minimum atomic E-state index is -0.682. The molecule has 4 aromatic rings. The predicted molar refractivity (Wildman–Crippen MR) is 192 cm³/mol. The Morgan fingerprint density at radius 3 is 2.19 bits per heavy atom. The van der Waals surface area contributed by atoms with Crippen LogP contribution in [0, 0.1) is 4.77 Å². The molecule has 0 fully saturated rings. The molecule has 1 unspecified atom stereocenters. The highest BCUT2D eigenvalue weighted by Gasteiger charge is 2.47. The Morgan fingerprint density at radius 1 is 0.957 bits per heavy atom. The Bertz CT molecular complexity index is 1640. The lowest BCUT2D eigenvalue weighted by molar-refractivity contribution is 0.171. The quantitative estimate of drug-likeness (QED) is 0.0571. The molecular formula is C38H50N4O4S. The summed E-state index contributed by atoms with van der Waals surface area (Å²) >= 11 is 4.79. The maximum atomic E-state index is 10.8. The monoisotopic (exact) mass is 658 g/mol. The minimum Gasteiger partial charge on any atom is -0.504 e. The third-order valence-electron chi connectivity index (χ3n) is 9.03. The van der Waals surface area contributed by atoms with Crippen LogP contribution in [0.3, 0.4) is 0 Å². The van der Waals surface area contributed by atoms with Gasteiger partial charge in [-0.1, -0.05) is 81.8 Å². The summed E-state index contributed by atoms with van der Waals surface area (Å²) in [4.78, 5) is 16.2. The Labute approximate surface area is 283 Å². The molecule has 1 heterocycles. The van der Waals surface area contributed by atoms with E-state index in [4.69, 9.17) is 17.3 Å². The fourth-order valence-corrected chi connectivity index (χ4v) is 7.09. The number of phenols is 2. The molecule has 3 aliphatic rings. The molecule has 1 aromatic heterocycles. The Morgan fingerprint density at radius 2 is 1.62 bits per heavy atom. The van der Waals surface area contributed by atoms with Crippen LogP contribution in [-0.4, -0.2) is 51.5 Å². The lowest BCUT2D eigenvalue weighted by Crippen LogP contribution is -2.40. The van der Waals surface area contributed by atoms with Gasteiger partial charge in [0.2, 0.25) is 0 Å². The number of aliphatic hydroxyl groups is 1. The summed E-state index contributed by atoms with van der Waals surface area (Å²) in [5, 5.41) is 34.5. The molecule has 1 atom stereocenters. The maximum Gasteiger partial charge on any atom is 0.251 e. The van der Waals surface area contributed by atoms with E-state index in [0.29, 0.717) is 28.8 Å². The zero-order valence-corrected chi connectivity index (χ0v) is 28.8. The van der Waals surface area contributed by atoms with Crippen LogP contribution < -0.4 is 16.2 Å². The number of aromatic amines is 2. The molecule has 252 valence electrons. The number of H-pyrrole nitrogens is 2. The van der Waals surface area contributed by atoms with Crippen molar-refractivity contribution < 1.29 is 15.3 Å². The molecule has 0 saturated carbocycles. The van der Waals surface area contributed by atoms with Gasteiger partial charge in [-0.25, -0.2) is 0 Å². The number of aliphatic hydroxyl groups excluding tert-OH is 1. The van der Waals surface area contributed by atoms with E-state index in [9.17, 15) is 15.0 Å². The highest BCUT2D eigenvalue weighted by molar-refractivity contribution is 7.71. The van der Waals surface area contributed by atoms with Crippen LogP contribution >= 0.6 is 12.2 Å². The number of aryl methyl sites for hydroxylation is 1. The van der Waals surface area contributed by atoms with E-state index >= 15 is 0 Å². The summed E-state index contributed by atoms with van der Waals surface area (Å²) in [6.07, 6.45) is 6.32. The molecule has 0 radical (unpaired) electrons. The van der Waals surface area contributed by atoms with Crippen molar-refractivity contribution in [3.63, 3.8) is 0 Å². The molecule has 7 N–H and O–H groups in total. The average Bonchev–Trinajstić information content (AvgIpc) is 3.06. The molecule has 0 aliphatic heterocycles. The van der Waals surface area contributed by atoms with E-state index in [0.717, 1.165) is 25.1 Å². The number of nitrogens with one attached hydrogen (secondary N) is 4. The van der Waals surface area contributed by atoms with Crippen molar-refractivity contribution in [2.75, 3.05) is 20.1 Å². The third kappa shape index (κ3) is 8.99. The molecule has 0 amide bonds. The van der Waals surface area contributed by atoms with Gasteiger partial charge in [0, 0.05) is 35.7 Å². The van der Waals surface area contributed by atoms with E-state index in [-0.39, 0.29) is 22.5 Å². The number of aromatic nitrogens is 2. The van der Waals surface area contributed by atoms with Gasteiger partial charge < -0.3 is 30.9 Å². The van der Waals surface area contributed by atoms with Crippen molar-refractivity contribution >= 4 is 12.2 Å². The van der Waals surface area contributed by atoms with Crippen LogP contribution in [0.5, 0.6) is 11.5 Å². The molecule has 2 bridgehead atoms. The highest BCUT2D eigenvalue weighted by atomic mass is 32.1. The van der Waals surface area contributed by atoms with Crippen molar-refractivity contribution in [1.29, 1.82) is 0 Å². The van der Waals surface area contributed by atoms with Crippen molar-refractivity contribution in [2.45, 2.75) is 82.8 Å². The lowest BCUT2D eigenvalue weighted by Gasteiger charge is -2.50. The topological polar surface area (TPSA) is 133 Å². The van der Waals surface area contributed by atoms with Crippen molar-refractivity contribution in [2.24, 2.45) is 0 Å². The number of rotatable bonds is 10. The largest absolute Gasteiger partial charge is 0.504 e. The van der Waals surface area contributed by atoms with Gasteiger partial charge in [0.25, 0.3) is 5.56 Å². The van der Waals surface area contributed by atoms with E-state index in [1.54, 1.807) is 34.4 Å². The number of benzene rings is 3. The van der Waals surface area contributed by atoms with Crippen molar-refractivity contribution in [1.82, 2.24) is 20.6 Å². The molecule has 0 spiro atoms. The lowest BCUT2D eigenvalue weighted by atomic mass is 9.54. The summed E-state index contributed by atoms with van der Waals surface area (Å²) < 4.78 is 0.404. The summed E-state index contributed by atoms with van der Waals surface area (Å²) in [6, 6.07) is 24.5. The summed E-state index contributed by atoms with van der Waals surface area (Å²) in [5.74, 6) is 0.238. The first-order valence-electron chi connectivity index (χ1n) is 16.7. The van der Waals surface area contributed by atoms with Crippen LogP contribution in [0.15, 0.2) is 77.6 Å². The van der Waals surface area contributed by atoms with Crippen molar-refractivity contribution in [3.05, 3.63) is 121 Å². The zero-order valence-electron chi connectivity index (χ0n) is 28.0.